The monoisotopic (exact) mass is 303 g/mol. The number of nitrogens with one attached hydrogen (secondary N) is 1. The van der Waals surface area contributed by atoms with Crippen LogP contribution in [0.2, 0.25) is 0 Å². The highest BCUT2D eigenvalue weighted by Crippen LogP contribution is 2.26. The van der Waals surface area contributed by atoms with Gasteiger partial charge in [0.2, 0.25) is 10.0 Å². The van der Waals surface area contributed by atoms with E-state index >= 15 is 0 Å². The zero-order valence-corrected chi connectivity index (χ0v) is 12.3. The highest BCUT2D eigenvalue weighted by molar-refractivity contribution is 7.91. The van der Waals surface area contributed by atoms with Gasteiger partial charge in [-0.25, -0.2) is 17.9 Å². The molecule has 1 aliphatic carbocycles. The zero-order valence-electron chi connectivity index (χ0n) is 10.6. The van der Waals surface area contributed by atoms with Crippen LogP contribution in [0.25, 0.3) is 0 Å². The van der Waals surface area contributed by atoms with E-state index in [4.69, 9.17) is 5.11 Å². The van der Waals surface area contributed by atoms with E-state index in [9.17, 15) is 13.2 Å². The van der Waals surface area contributed by atoms with Gasteiger partial charge in [-0.3, -0.25) is 0 Å². The SMILES string of the molecule is CC1CCCC(NS(=O)(=O)c2cc(C(=O)O)cs2)C1. The van der Waals surface area contributed by atoms with Gasteiger partial charge < -0.3 is 5.11 Å². The van der Waals surface area contributed by atoms with Crippen molar-refractivity contribution in [1.82, 2.24) is 4.72 Å². The third-order valence-electron chi connectivity index (χ3n) is 3.35. The van der Waals surface area contributed by atoms with Crippen molar-refractivity contribution in [3.63, 3.8) is 0 Å². The fourth-order valence-electron chi connectivity index (χ4n) is 2.39. The Morgan fingerprint density at radius 1 is 1.47 bits per heavy atom. The summed E-state index contributed by atoms with van der Waals surface area (Å²) in [4.78, 5) is 10.8. The average Bonchev–Trinajstić information content (AvgIpc) is 2.78. The molecule has 1 saturated carbocycles. The predicted molar refractivity (Wildman–Crippen MR) is 73.0 cm³/mol. The largest absolute Gasteiger partial charge is 0.478 e. The zero-order chi connectivity index (χ0) is 14.0. The molecule has 1 aliphatic rings. The highest BCUT2D eigenvalue weighted by Gasteiger charge is 2.26. The molecule has 1 fully saturated rings. The number of carboxylic acid groups (broad SMARTS) is 1. The fraction of sp³-hybridized carbons (Fsp3) is 0.583. The summed E-state index contributed by atoms with van der Waals surface area (Å²) >= 11 is 0.943. The molecule has 19 heavy (non-hydrogen) atoms. The van der Waals surface area contributed by atoms with Crippen molar-refractivity contribution < 1.29 is 18.3 Å². The van der Waals surface area contributed by atoms with Crippen molar-refractivity contribution in [3.8, 4) is 0 Å². The van der Waals surface area contributed by atoms with E-state index < -0.39 is 16.0 Å². The third kappa shape index (κ3) is 3.55. The van der Waals surface area contributed by atoms with Gasteiger partial charge in [-0.15, -0.1) is 11.3 Å². The molecule has 0 radical (unpaired) electrons. The maximum Gasteiger partial charge on any atom is 0.336 e. The summed E-state index contributed by atoms with van der Waals surface area (Å²) in [5, 5.41) is 10.2. The Morgan fingerprint density at radius 3 is 2.79 bits per heavy atom. The van der Waals surface area contributed by atoms with Crippen LogP contribution in [-0.2, 0) is 10.0 Å². The van der Waals surface area contributed by atoms with Crippen LogP contribution in [0.1, 0.15) is 43.0 Å². The maximum absolute atomic E-state index is 12.1. The Bertz CT molecular complexity index is 564. The Morgan fingerprint density at radius 2 is 2.21 bits per heavy atom. The Labute approximate surface area is 116 Å². The van der Waals surface area contributed by atoms with Gasteiger partial charge in [0, 0.05) is 11.4 Å². The number of hydrogen-bond acceptors (Lipinski definition) is 4. The Balaban J connectivity index is 2.10. The topological polar surface area (TPSA) is 83.5 Å². The molecule has 2 rings (SSSR count). The minimum Gasteiger partial charge on any atom is -0.478 e. The van der Waals surface area contributed by atoms with E-state index in [0.717, 1.165) is 37.0 Å². The van der Waals surface area contributed by atoms with Crippen LogP contribution < -0.4 is 4.72 Å². The van der Waals surface area contributed by atoms with E-state index in [1.54, 1.807) is 0 Å². The number of thiophene rings is 1. The van der Waals surface area contributed by atoms with E-state index in [-0.39, 0.29) is 15.8 Å². The first-order valence-corrected chi connectivity index (χ1v) is 8.59. The molecule has 5 nitrogen and oxygen atoms in total. The first kappa shape index (κ1) is 14.5. The molecule has 1 heterocycles. The molecule has 0 spiro atoms. The molecule has 0 bridgehead atoms. The first-order valence-electron chi connectivity index (χ1n) is 6.22. The van der Waals surface area contributed by atoms with Gasteiger partial charge in [0.25, 0.3) is 0 Å². The Hall–Kier alpha value is -0.920. The Kier molecular flexibility index (Phi) is 4.27. The second-order valence-corrected chi connectivity index (χ2v) is 7.90. The molecular formula is C12H17NO4S2. The molecule has 2 unspecified atom stereocenters. The van der Waals surface area contributed by atoms with Crippen LogP contribution in [0.15, 0.2) is 15.7 Å². The number of carbonyl (C=O) groups is 1. The van der Waals surface area contributed by atoms with Gasteiger partial charge in [0.1, 0.15) is 4.21 Å². The summed E-state index contributed by atoms with van der Waals surface area (Å²) < 4.78 is 27.1. The van der Waals surface area contributed by atoms with Crippen molar-refractivity contribution in [2.75, 3.05) is 0 Å². The summed E-state index contributed by atoms with van der Waals surface area (Å²) in [5.41, 5.74) is 0.0161. The van der Waals surface area contributed by atoms with Crippen LogP contribution in [0.5, 0.6) is 0 Å². The number of sulfonamides is 1. The number of carboxylic acids is 1. The normalized spacial score (nSPS) is 24.3. The fourth-order valence-corrected chi connectivity index (χ4v) is 4.84. The van der Waals surface area contributed by atoms with E-state index in [2.05, 4.69) is 11.6 Å². The van der Waals surface area contributed by atoms with Crippen molar-refractivity contribution in [2.24, 2.45) is 5.92 Å². The molecule has 1 aromatic rings. The second kappa shape index (κ2) is 5.60. The predicted octanol–water partition coefficient (Wildman–Crippen LogP) is 2.30. The molecule has 0 aromatic carbocycles. The smallest absolute Gasteiger partial charge is 0.336 e. The van der Waals surface area contributed by atoms with Crippen molar-refractivity contribution in [1.29, 1.82) is 0 Å². The molecule has 106 valence electrons. The van der Waals surface area contributed by atoms with Crippen LogP contribution in [0, 0.1) is 5.92 Å². The second-order valence-electron chi connectivity index (χ2n) is 5.05. The van der Waals surface area contributed by atoms with Crippen LogP contribution in [0.4, 0.5) is 0 Å². The molecular weight excluding hydrogens is 286 g/mol. The first-order chi connectivity index (χ1) is 8.88. The van der Waals surface area contributed by atoms with E-state index in [1.807, 2.05) is 0 Å². The molecule has 2 N–H and O–H groups in total. The summed E-state index contributed by atoms with van der Waals surface area (Å²) in [7, 11) is -3.59. The molecule has 7 heteroatoms. The van der Waals surface area contributed by atoms with Crippen LogP contribution in [0.3, 0.4) is 0 Å². The average molecular weight is 303 g/mol. The van der Waals surface area contributed by atoms with Crippen molar-refractivity contribution in [2.45, 2.75) is 42.9 Å². The quantitative estimate of drug-likeness (QED) is 0.894. The highest BCUT2D eigenvalue weighted by atomic mass is 32.2. The van der Waals surface area contributed by atoms with Crippen molar-refractivity contribution in [3.05, 3.63) is 17.0 Å². The summed E-state index contributed by atoms with van der Waals surface area (Å²) in [6, 6.07) is 1.17. The lowest BCUT2D eigenvalue weighted by Gasteiger charge is -2.26. The summed E-state index contributed by atoms with van der Waals surface area (Å²) in [6.07, 6.45) is 3.86. The minimum absolute atomic E-state index is 0.0161. The van der Waals surface area contributed by atoms with Crippen molar-refractivity contribution >= 4 is 27.3 Å². The summed E-state index contributed by atoms with van der Waals surface area (Å²) in [6.45, 7) is 2.12. The molecule has 2 atom stereocenters. The number of aromatic carboxylic acids is 1. The van der Waals surface area contributed by atoms with Gasteiger partial charge in [0.05, 0.1) is 5.56 Å². The van der Waals surface area contributed by atoms with Crippen LogP contribution >= 0.6 is 11.3 Å². The lowest BCUT2D eigenvalue weighted by molar-refractivity contribution is 0.0697. The van der Waals surface area contributed by atoms with Gasteiger partial charge in [-0.2, -0.15) is 0 Å². The molecule has 0 amide bonds. The molecule has 0 saturated heterocycles. The summed E-state index contributed by atoms with van der Waals surface area (Å²) in [5.74, 6) is -0.580. The lowest BCUT2D eigenvalue weighted by Crippen LogP contribution is -2.37. The van der Waals surface area contributed by atoms with Gasteiger partial charge in [-0.05, 0) is 24.8 Å². The van der Waals surface area contributed by atoms with Gasteiger partial charge in [0.15, 0.2) is 0 Å². The minimum atomic E-state index is -3.59. The van der Waals surface area contributed by atoms with E-state index in [0.29, 0.717) is 5.92 Å². The number of rotatable bonds is 4. The van der Waals surface area contributed by atoms with E-state index in [1.165, 1.54) is 11.4 Å². The standard InChI is InChI=1S/C12H17NO4S2/c1-8-3-2-4-10(5-8)13-19(16,17)11-6-9(7-18-11)12(14)15/h6-8,10,13H,2-5H2,1H3,(H,14,15). The van der Waals surface area contributed by atoms with Crippen LogP contribution in [-0.4, -0.2) is 25.5 Å². The number of hydrogen-bond donors (Lipinski definition) is 2. The maximum atomic E-state index is 12.1. The molecule has 0 aliphatic heterocycles. The third-order valence-corrected chi connectivity index (χ3v) is 6.31. The van der Waals surface area contributed by atoms with Gasteiger partial charge in [-0.1, -0.05) is 19.8 Å². The lowest BCUT2D eigenvalue weighted by atomic mass is 9.88. The van der Waals surface area contributed by atoms with Gasteiger partial charge >= 0.3 is 5.97 Å². The molecule has 1 aromatic heterocycles.